The van der Waals surface area contributed by atoms with Crippen LogP contribution in [0.1, 0.15) is 40.0 Å². The molecule has 1 aliphatic rings. The molecule has 0 radical (unpaired) electrons. The molecule has 6 nitrogen and oxygen atoms in total. The summed E-state index contributed by atoms with van der Waals surface area (Å²) in [4.78, 5) is 30.9. The van der Waals surface area contributed by atoms with Crippen LogP contribution < -0.4 is 10.9 Å². The Balaban J connectivity index is 1.85. The number of H-pyrrole nitrogens is 1. The highest BCUT2D eigenvalue weighted by Crippen LogP contribution is 2.28. The quantitative estimate of drug-likeness (QED) is 0.795. The highest BCUT2D eigenvalue weighted by molar-refractivity contribution is 5.96. The summed E-state index contributed by atoms with van der Waals surface area (Å²) in [7, 11) is 0. The van der Waals surface area contributed by atoms with E-state index in [0.717, 1.165) is 30.5 Å². The van der Waals surface area contributed by atoms with Gasteiger partial charge >= 0.3 is 0 Å². The fourth-order valence-electron chi connectivity index (χ4n) is 2.74. The topological polar surface area (TPSA) is 95.1 Å². The molecule has 0 aliphatic heterocycles. The summed E-state index contributed by atoms with van der Waals surface area (Å²) in [5.74, 6) is -0.741. The van der Waals surface area contributed by atoms with Gasteiger partial charge in [0.2, 0.25) is 0 Å². The Morgan fingerprint density at radius 1 is 1.27 bits per heavy atom. The molecule has 0 fully saturated rings. The number of hydrogen-bond acceptors (Lipinski definition) is 4. The second-order valence-electron chi connectivity index (χ2n) is 5.38. The molecule has 0 atom stereocenters. The Morgan fingerprint density at radius 3 is 2.77 bits per heavy atom. The minimum atomic E-state index is -0.566. The van der Waals surface area contributed by atoms with Crippen molar-refractivity contribution in [2.45, 2.75) is 32.2 Å². The maximum Gasteiger partial charge on any atom is 0.264 e. The van der Waals surface area contributed by atoms with Gasteiger partial charge in [-0.3, -0.25) is 14.6 Å². The first-order valence-corrected chi connectivity index (χ1v) is 7.31. The number of pyridine rings is 2. The summed E-state index contributed by atoms with van der Waals surface area (Å²) < 4.78 is 0. The van der Waals surface area contributed by atoms with Crippen LogP contribution in [0.15, 0.2) is 29.3 Å². The third-order valence-electron chi connectivity index (χ3n) is 3.91. The Morgan fingerprint density at radius 2 is 2.00 bits per heavy atom. The van der Waals surface area contributed by atoms with Crippen LogP contribution in [0.25, 0.3) is 0 Å². The fraction of sp³-hybridized carbons (Fsp3) is 0.312. The largest absolute Gasteiger partial charge is 0.507 e. The van der Waals surface area contributed by atoms with Gasteiger partial charge < -0.3 is 15.4 Å². The number of carbonyl (C=O) groups is 1. The SMILES string of the molecule is O=C(NCc1ccncc1)c1c(O)c2c([nH]c1=O)CCCC2. The second kappa shape index (κ2) is 6.01. The summed E-state index contributed by atoms with van der Waals surface area (Å²) in [6, 6.07) is 3.55. The number of rotatable bonds is 3. The molecule has 0 bridgehead atoms. The lowest BCUT2D eigenvalue weighted by atomic mass is 9.93. The zero-order valence-electron chi connectivity index (χ0n) is 12.1. The average molecular weight is 299 g/mol. The maximum absolute atomic E-state index is 12.2. The van der Waals surface area contributed by atoms with Crippen molar-refractivity contribution < 1.29 is 9.90 Å². The highest BCUT2D eigenvalue weighted by atomic mass is 16.3. The number of amides is 1. The maximum atomic E-state index is 12.2. The van der Waals surface area contributed by atoms with Gasteiger partial charge in [0.15, 0.2) is 0 Å². The summed E-state index contributed by atoms with van der Waals surface area (Å²) in [6.07, 6.45) is 6.61. The summed E-state index contributed by atoms with van der Waals surface area (Å²) in [6.45, 7) is 0.275. The van der Waals surface area contributed by atoms with Crippen molar-refractivity contribution in [2.24, 2.45) is 0 Å². The molecule has 1 amide bonds. The first kappa shape index (κ1) is 14.3. The van der Waals surface area contributed by atoms with Crippen LogP contribution in [-0.4, -0.2) is 21.0 Å². The predicted octanol–water partition coefficient (Wildman–Crippen LogP) is 1.28. The summed E-state index contributed by atoms with van der Waals surface area (Å²) >= 11 is 0. The Labute approximate surface area is 127 Å². The molecule has 0 spiro atoms. The van der Waals surface area contributed by atoms with Gasteiger partial charge in [0, 0.05) is 30.2 Å². The van der Waals surface area contributed by atoms with Crippen LogP contribution in [-0.2, 0) is 19.4 Å². The molecule has 2 heterocycles. The van der Waals surface area contributed by atoms with Gasteiger partial charge in [-0.05, 0) is 43.4 Å². The molecule has 0 saturated heterocycles. The molecule has 2 aromatic rings. The molecule has 3 N–H and O–H groups in total. The molecule has 1 aliphatic carbocycles. The molecule has 0 unspecified atom stereocenters. The predicted molar refractivity (Wildman–Crippen MR) is 80.8 cm³/mol. The van der Waals surface area contributed by atoms with E-state index in [1.807, 2.05) is 0 Å². The van der Waals surface area contributed by atoms with Crippen molar-refractivity contribution in [1.29, 1.82) is 0 Å². The number of hydrogen-bond donors (Lipinski definition) is 3. The van der Waals surface area contributed by atoms with Crippen LogP contribution in [0, 0.1) is 0 Å². The molecular weight excluding hydrogens is 282 g/mol. The van der Waals surface area contributed by atoms with Crippen molar-refractivity contribution >= 4 is 5.91 Å². The van der Waals surface area contributed by atoms with Crippen molar-refractivity contribution in [3.05, 3.63) is 57.3 Å². The number of aromatic hydroxyl groups is 1. The van der Waals surface area contributed by atoms with Gasteiger partial charge in [-0.15, -0.1) is 0 Å². The lowest BCUT2D eigenvalue weighted by molar-refractivity contribution is 0.0946. The van der Waals surface area contributed by atoms with E-state index >= 15 is 0 Å². The molecular formula is C16H17N3O3. The van der Waals surface area contributed by atoms with Crippen LogP contribution in [0.3, 0.4) is 0 Å². The van der Waals surface area contributed by atoms with E-state index in [1.54, 1.807) is 24.5 Å². The van der Waals surface area contributed by atoms with Gasteiger partial charge in [-0.2, -0.15) is 0 Å². The molecule has 114 valence electrons. The minimum Gasteiger partial charge on any atom is -0.507 e. The van der Waals surface area contributed by atoms with Gasteiger partial charge in [0.05, 0.1) is 0 Å². The van der Waals surface area contributed by atoms with Gasteiger partial charge in [0.1, 0.15) is 11.3 Å². The van der Waals surface area contributed by atoms with E-state index in [4.69, 9.17) is 0 Å². The van der Waals surface area contributed by atoms with E-state index < -0.39 is 11.5 Å². The lowest BCUT2D eigenvalue weighted by Crippen LogP contribution is -2.31. The molecule has 22 heavy (non-hydrogen) atoms. The van der Waals surface area contributed by atoms with Crippen molar-refractivity contribution in [3.63, 3.8) is 0 Å². The molecule has 0 aromatic carbocycles. The van der Waals surface area contributed by atoms with E-state index in [-0.39, 0.29) is 17.9 Å². The zero-order chi connectivity index (χ0) is 15.5. The number of carbonyl (C=O) groups excluding carboxylic acids is 1. The third kappa shape index (κ3) is 2.72. The first-order valence-electron chi connectivity index (χ1n) is 7.31. The molecule has 0 saturated carbocycles. The van der Waals surface area contributed by atoms with Crippen LogP contribution >= 0.6 is 0 Å². The summed E-state index contributed by atoms with van der Waals surface area (Å²) in [5.41, 5.74) is 1.58. The van der Waals surface area contributed by atoms with Gasteiger partial charge in [-0.25, -0.2) is 0 Å². The Bertz CT molecular complexity index is 753. The van der Waals surface area contributed by atoms with Crippen molar-refractivity contribution in [2.75, 3.05) is 0 Å². The van der Waals surface area contributed by atoms with Crippen molar-refractivity contribution in [1.82, 2.24) is 15.3 Å². The molecule has 6 heteroatoms. The Kier molecular flexibility index (Phi) is 3.91. The average Bonchev–Trinajstić information content (AvgIpc) is 2.54. The van der Waals surface area contributed by atoms with Crippen LogP contribution in [0.2, 0.25) is 0 Å². The fourth-order valence-corrected chi connectivity index (χ4v) is 2.74. The number of aromatic amines is 1. The van der Waals surface area contributed by atoms with E-state index in [0.29, 0.717) is 12.0 Å². The number of nitrogens with one attached hydrogen (secondary N) is 2. The monoisotopic (exact) mass is 299 g/mol. The van der Waals surface area contributed by atoms with Crippen LogP contribution in [0.4, 0.5) is 0 Å². The molecule has 3 rings (SSSR count). The second-order valence-corrected chi connectivity index (χ2v) is 5.38. The first-order chi connectivity index (χ1) is 10.7. The van der Waals surface area contributed by atoms with Crippen molar-refractivity contribution in [3.8, 4) is 5.75 Å². The smallest absolute Gasteiger partial charge is 0.264 e. The number of nitrogens with zero attached hydrogens (tertiary/aromatic N) is 1. The molecule has 2 aromatic heterocycles. The third-order valence-corrected chi connectivity index (χ3v) is 3.91. The van der Waals surface area contributed by atoms with Gasteiger partial charge in [-0.1, -0.05) is 0 Å². The highest BCUT2D eigenvalue weighted by Gasteiger charge is 2.23. The standard InChI is InChI=1S/C16H17N3O3/c20-14-11-3-1-2-4-12(11)19-16(22)13(14)15(21)18-9-10-5-7-17-8-6-10/h5-8H,1-4,9H2,(H,18,21)(H2,19,20,22). The zero-order valence-corrected chi connectivity index (χ0v) is 12.1. The minimum absolute atomic E-state index is 0.175. The normalized spacial score (nSPS) is 13.5. The Hall–Kier alpha value is -2.63. The number of fused-ring (bicyclic) bond motifs is 1. The lowest BCUT2D eigenvalue weighted by Gasteiger charge is -2.18. The number of aromatic nitrogens is 2. The van der Waals surface area contributed by atoms with Gasteiger partial charge in [0.25, 0.3) is 11.5 Å². The van der Waals surface area contributed by atoms with Crippen LogP contribution in [0.5, 0.6) is 5.75 Å². The number of aryl methyl sites for hydroxylation is 1. The van der Waals surface area contributed by atoms with E-state index in [1.165, 1.54) is 0 Å². The van der Waals surface area contributed by atoms with E-state index in [2.05, 4.69) is 15.3 Å². The summed E-state index contributed by atoms with van der Waals surface area (Å²) in [5, 5.41) is 12.9. The van der Waals surface area contributed by atoms with E-state index in [9.17, 15) is 14.7 Å².